The Morgan fingerprint density at radius 1 is 1.17 bits per heavy atom. The summed E-state index contributed by atoms with van der Waals surface area (Å²) in [4.78, 5) is 15.7. The molecule has 0 saturated carbocycles. The first kappa shape index (κ1) is 16.8. The smallest absolute Gasteiger partial charge is 0.331 e. The van der Waals surface area contributed by atoms with Gasteiger partial charge in [0.2, 0.25) is 0 Å². The molecule has 0 bridgehead atoms. The van der Waals surface area contributed by atoms with Gasteiger partial charge in [0.25, 0.3) is 0 Å². The number of hydrogen-bond acceptors (Lipinski definition) is 5. The molecule has 1 aromatic carbocycles. The first-order valence-corrected chi connectivity index (χ1v) is 7.17. The molecule has 0 fully saturated rings. The molecule has 0 unspecified atom stereocenters. The topological polar surface area (TPSA) is 57.7 Å². The van der Waals surface area contributed by atoms with Crippen LogP contribution in [0, 0.1) is 0 Å². The van der Waals surface area contributed by atoms with Gasteiger partial charge in [0.1, 0.15) is 23.3 Å². The van der Waals surface area contributed by atoms with Crippen LogP contribution in [0.4, 0.5) is 0 Å². The molecule has 0 saturated heterocycles. The number of halogens is 1. The number of aromatic nitrogens is 1. The number of pyridine rings is 1. The largest absolute Gasteiger partial charge is 0.497 e. The highest BCUT2D eigenvalue weighted by Gasteiger charge is 2.02. The zero-order valence-electron chi connectivity index (χ0n) is 12.8. The molecule has 120 valence electrons. The lowest BCUT2D eigenvalue weighted by Gasteiger charge is -2.06. The zero-order chi connectivity index (χ0) is 16.7. The summed E-state index contributed by atoms with van der Waals surface area (Å²) in [5.41, 5.74) is 1.53. The number of carbonyl (C=O) groups is 1. The maximum Gasteiger partial charge on any atom is 0.331 e. The Labute approximate surface area is 139 Å². The minimum Gasteiger partial charge on any atom is -0.497 e. The van der Waals surface area contributed by atoms with Crippen LogP contribution >= 0.6 is 11.6 Å². The van der Waals surface area contributed by atoms with Crippen molar-refractivity contribution in [2.24, 2.45) is 0 Å². The number of nitrogens with zero attached hydrogens (tertiary/aromatic N) is 1. The summed E-state index contributed by atoms with van der Waals surface area (Å²) in [6.07, 6.45) is 4.54. The van der Waals surface area contributed by atoms with Crippen molar-refractivity contribution in [1.29, 1.82) is 0 Å². The van der Waals surface area contributed by atoms with Crippen LogP contribution in [0.3, 0.4) is 0 Å². The summed E-state index contributed by atoms with van der Waals surface area (Å²) in [6, 6.07) is 8.72. The molecule has 5 nitrogen and oxygen atoms in total. The van der Waals surface area contributed by atoms with Crippen molar-refractivity contribution < 1.29 is 19.0 Å². The molecule has 0 aliphatic heterocycles. The lowest BCUT2D eigenvalue weighted by atomic mass is 10.2. The van der Waals surface area contributed by atoms with Crippen LogP contribution in [0.5, 0.6) is 11.5 Å². The van der Waals surface area contributed by atoms with Gasteiger partial charge in [-0.25, -0.2) is 9.78 Å². The van der Waals surface area contributed by atoms with Crippen LogP contribution in [0.2, 0.25) is 5.15 Å². The second kappa shape index (κ2) is 8.19. The van der Waals surface area contributed by atoms with Crippen LogP contribution in [0.25, 0.3) is 6.08 Å². The number of carbonyl (C=O) groups excluding carboxylic acids is 1. The monoisotopic (exact) mass is 333 g/mol. The van der Waals surface area contributed by atoms with Crippen LogP contribution in [0.1, 0.15) is 11.1 Å². The predicted molar refractivity (Wildman–Crippen MR) is 87.6 cm³/mol. The van der Waals surface area contributed by atoms with Gasteiger partial charge in [0.15, 0.2) is 0 Å². The van der Waals surface area contributed by atoms with Gasteiger partial charge in [-0.3, -0.25) is 0 Å². The lowest BCUT2D eigenvalue weighted by Crippen LogP contribution is -2.01. The van der Waals surface area contributed by atoms with Gasteiger partial charge in [-0.1, -0.05) is 17.7 Å². The van der Waals surface area contributed by atoms with Crippen LogP contribution in [-0.2, 0) is 16.1 Å². The highest BCUT2D eigenvalue weighted by atomic mass is 35.5. The molecule has 1 heterocycles. The van der Waals surface area contributed by atoms with Gasteiger partial charge in [0, 0.05) is 23.9 Å². The van der Waals surface area contributed by atoms with E-state index in [0.717, 1.165) is 11.1 Å². The van der Waals surface area contributed by atoms with E-state index in [2.05, 4.69) is 4.98 Å². The summed E-state index contributed by atoms with van der Waals surface area (Å²) >= 11 is 5.69. The molecule has 0 radical (unpaired) electrons. The quantitative estimate of drug-likeness (QED) is 0.460. The minimum atomic E-state index is -0.457. The summed E-state index contributed by atoms with van der Waals surface area (Å²) in [7, 11) is 3.13. The Morgan fingerprint density at radius 3 is 2.43 bits per heavy atom. The fourth-order valence-electron chi connectivity index (χ4n) is 1.78. The van der Waals surface area contributed by atoms with Gasteiger partial charge in [-0.15, -0.1) is 0 Å². The molecule has 0 aliphatic carbocycles. The molecule has 2 rings (SSSR count). The molecule has 0 spiro atoms. The third-order valence-corrected chi connectivity index (χ3v) is 3.18. The van der Waals surface area contributed by atoms with E-state index < -0.39 is 5.97 Å². The summed E-state index contributed by atoms with van der Waals surface area (Å²) < 4.78 is 15.5. The number of benzene rings is 1. The number of hydrogen-bond donors (Lipinski definition) is 0. The normalized spacial score (nSPS) is 10.6. The molecule has 0 aliphatic rings. The van der Waals surface area contributed by atoms with Crippen molar-refractivity contribution in [3.05, 3.63) is 58.9 Å². The van der Waals surface area contributed by atoms with E-state index >= 15 is 0 Å². The SMILES string of the molecule is COc1cc(C=CC(=O)OCc2ccc(Cl)nc2)cc(OC)c1. The van der Waals surface area contributed by atoms with Crippen molar-refractivity contribution in [3.63, 3.8) is 0 Å². The number of esters is 1. The van der Waals surface area contributed by atoms with Gasteiger partial charge < -0.3 is 14.2 Å². The number of rotatable bonds is 6. The number of methoxy groups -OCH3 is 2. The third-order valence-electron chi connectivity index (χ3n) is 2.96. The first-order valence-electron chi connectivity index (χ1n) is 6.79. The molecular formula is C17H16ClNO4. The highest BCUT2D eigenvalue weighted by Crippen LogP contribution is 2.23. The second-order valence-electron chi connectivity index (χ2n) is 4.58. The fourth-order valence-corrected chi connectivity index (χ4v) is 1.90. The summed E-state index contributed by atoms with van der Waals surface area (Å²) in [6.45, 7) is 0.134. The molecule has 0 amide bonds. The van der Waals surface area contributed by atoms with Gasteiger partial charge in [0.05, 0.1) is 14.2 Å². The average Bonchev–Trinajstić information content (AvgIpc) is 2.59. The average molecular weight is 334 g/mol. The van der Waals surface area contributed by atoms with Crippen LogP contribution in [0.15, 0.2) is 42.6 Å². The van der Waals surface area contributed by atoms with Crippen molar-refractivity contribution in [3.8, 4) is 11.5 Å². The Morgan fingerprint density at radius 2 is 1.87 bits per heavy atom. The Bertz CT molecular complexity index is 676. The van der Waals surface area contributed by atoms with Crippen molar-refractivity contribution in [2.45, 2.75) is 6.61 Å². The van der Waals surface area contributed by atoms with E-state index in [1.165, 1.54) is 6.08 Å². The van der Waals surface area contributed by atoms with Crippen LogP contribution < -0.4 is 9.47 Å². The standard InChI is InChI=1S/C17H16ClNO4/c1-21-14-7-12(8-15(9-14)22-2)4-6-17(20)23-11-13-3-5-16(18)19-10-13/h3-10H,11H2,1-2H3. The van der Waals surface area contributed by atoms with E-state index in [1.54, 1.807) is 56.8 Å². The predicted octanol–water partition coefficient (Wildman–Crippen LogP) is 3.51. The second-order valence-corrected chi connectivity index (χ2v) is 4.96. The fraction of sp³-hybridized carbons (Fsp3) is 0.176. The summed E-state index contributed by atoms with van der Waals surface area (Å²) in [5.74, 6) is 0.830. The maximum atomic E-state index is 11.7. The Hall–Kier alpha value is -2.53. The van der Waals surface area contributed by atoms with E-state index in [9.17, 15) is 4.79 Å². The van der Waals surface area contributed by atoms with E-state index in [4.69, 9.17) is 25.8 Å². The molecule has 6 heteroatoms. The molecular weight excluding hydrogens is 318 g/mol. The zero-order valence-corrected chi connectivity index (χ0v) is 13.5. The highest BCUT2D eigenvalue weighted by molar-refractivity contribution is 6.29. The minimum absolute atomic E-state index is 0.134. The van der Waals surface area contributed by atoms with Crippen molar-refractivity contribution >= 4 is 23.6 Å². The maximum absolute atomic E-state index is 11.7. The van der Waals surface area contributed by atoms with Gasteiger partial charge in [-0.2, -0.15) is 0 Å². The Kier molecular flexibility index (Phi) is 6.00. The van der Waals surface area contributed by atoms with E-state index in [-0.39, 0.29) is 6.61 Å². The Balaban J connectivity index is 1.96. The molecule has 0 atom stereocenters. The van der Waals surface area contributed by atoms with E-state index in [0.29, 0.717) is 16.7 Å². The molecule has 1 aromatic heterocycles. The van der Waals surface area contributed by atoms with Crippen molar-refractivity contribution in [2.75, 3.05) is 14.2 Å². The molecule has 23 heavy (non-hydrogen) atoms. The first-order chi connectivity index (χ1) is 11.1. The van der Waals surface area contributed by atoms with E-state index in [1.807, 2.05) is 0 Å². The molecule has 0 N–H and O–H groups in total. The third kappa shape index (κ3) is 5.30. The number of ether oxygens (including phenoxy) is 3. The van der Waals surface area contributed by atoms with Gasteiger partial charge >= 0.3 is 5.97 Å². The van der Waals surface area contributed by atoms with Crippen LogP contribution in [-0.4, -0.2) is 25.2 Å². The van der Waals surface area contributed by atoms with Gasteiger partial charge in [-0.05, 0) is 29.8 Å². The van der Waals surface area contributed by atoms with Crippen molar-refractivity contribution in [1.82, 2.24) is 4.98 Å². The summed E-state index contributed by atoms with van der Waals surface area (Å²) in [5, 5.41) is 0.395. The molecule has 2 aromatic rings. The lowest BCUT2D eigenvalue weighted by molar-refractivity contribution is -0.138.